The number of rotatable bonds is 4. The van der Waals surface area contributed by atoms with Gasteiger partial charge in [0, 0.05) is 10.2 Å². The van der Waals surface area contributed by atoms with Gasteiger partial charge >= 0.3 is 0 Å². The average molecular weight is 351 g/mol. The first kappa shape index (κ1) is 14.6. The van der Waals surface area contributed by atoms with Gasteiger partial charge in [0.25, 0.3) is 0 Å². The first-order valence-corrected chi connectivity index (χ1v) is 8.19. The Labute approximate surface area is 126 Å². The van der Waals surface area contributed by atoms with Crippen molar-refractivity contribution in [1.29, 1.82) is 5.26 Å². The standard InChI is InChI=1S/C14H11BrN2O2S/c15-13-5-7-14(8-6-13)17-20(18,19)10-12-4-2-1-3-11(12)9-16/h1-8,17H,10H2. The van der Waals surface area contributed by atoms with E-state index in [9.17, 15) is 8.42 Å². The number of anilines is 1. The summed E-state index contributed by atoms with van der Waals surface area (Å²) >= 11 is 3.28. The number of nitrogens with one attached hydrogen (secondary N) is 1. The van der Waals surface area contributed by atoms with E-state index in [-0.39, 0.29) is 5.75 Å². The van der Waals surface area contributed by atoms with Crippen LogP contribution in [0.3, 0.4) is 0 Å². The summed E-state index contributed by atoms with van der Waals surface area (Å²) in [6.07, 6.45) is 0. The van der Waals surface area contributed by atoms with Crippen LogP contribution in [0.5, 0.6) is 0 Å². The number of hydrogen-bond acceptors (Lipinski definition) is 3. The molecule has 0 unspecified atom stereocenters. The van der Waals surface area contributed by atoms with Crippen LogP contribution in [0.25, 0.3) is 0 Å². The second kappa shape index (κ2) is 6.07. The van der Waals surface area contributed by atoms with E-state index in [2.05, 4.69) is 20.7 Å². The summed E-state index contributed by atoms with van der Waals surface area (Å²) in [5.74, 6) is -0.229. The molecule has 102 valence electrons. The molecule has 1 N–H and O–H groups in total. The van der Waals surface area contributed by atoms with Crippen molar-refractivity contribution in [3.05, 3.63) is 64.1 Å². The third kappa shape index (κ3) is 3.83. The summed E-state index contributed by atoms with van der Waals surface area (Å²) in [5, 5.41) is 8.97. The monoisotopic (exact) mass is 350 g/mol. The minimum atomic E-state index is -3.55. The highest BCUT2D eigenvalue weighted by Crippen LogP contribution is 2.17. The molecule has 0 heterocycles. The molecule has 0 saturated carbocycles. The van der Waals surface area contributed by atoms with Crippen molar-refractivity contribution in [1.82, 2.24) is 0 Å². The Bertz CT molecular complexity index is 749. The number of nitrogens with zero attached hydrogens (tertiary/aromatic N) is 1. The van der Waals surface area contributed by atoms with Crippen molar-refractivity contribution < 1.29 is 8.42 Å². The molecule has 0 aliphatic rings. The van der Waals surface area contributed by atoms with Crippen molar-refractivity contribution in [2.45, 2.75) is 5.75 Å². The quantitative estimate of drug-likeness (QED) is 0.919. The predicted octanol–water partition coefficient (Wildman–Crippen LogP) is 3.26. The lowest BCUT2D eigenvalue weighted by Crippen LogP contribution is -2.15. The normalized spacial score (nSPS) is 10.8. The SMILES string of the molecule is N#Cc1ccccc1CS(=O)(=O)Nc1ccc(Br)cc1. The van der Waals surface area contributed by atoms with Crippen LogP contribution in [0, 0.1) is 11.3 Å². The van der Waals surface area contributed by atoms with Crippen molar-refractivity contribution >= 4 is 31.6 Å². The second-order valence-electron chi connectivity index (χ2n) is 4.14. The molecule has 0 aliphatic carbocycles. The molecule has 0 bridgehead atoms. The molecule has 0 aromatic heterocycles. The van der Waals surface area contributed by atoms with Crippen LogP contribution in [-0.4, -0.2) is 8.42 Å². The summed E-state index contributed by atoms with van der Waals surface area (Å²) in [6, 6.07) is 15.5. The van der Waals surface area contributed by atoms with Crippen LogP contribution >= 0.6 is 15.9 Å². The average Bonchev–Trinajstić information content (AvgIpc) is 2.41. The van der Waals surface area contributed by atoms with Crippen LogP contribution in [0.15, 0.2) is 53.0 Å². The van der Waals surface area contributed by atoms with E-state index in [1.54, 1.807) is 48.5 Å². The molecule has 0 saturated heterocycles. The van der Waals surface area contributed by atoms with Crippen LogP contribution in [0.4, 0.5) is 5.69 Å². The van der Waals surface area contributed by atoms with Crippen LogP contribution < -0.4 is 4.72 Å². The van der Waals surface area contributed by atoms with E-state index in [0.717, 1.165) is 4.47 Å². The highest BCUT2D eigenvalue weighted by Gasteiger charge is 2.14. The largest absolute Gasteiger partial charge is 0.283 e. The maximum atomic E-state index is 12.1. The van der Waals surface area contributed by atoms with Gasteiger partial charge in [-0.3, -0.25) is 4.72 Å². The Hall–Kier alpha value is -1.84. The van der Waals surface area contributed by atoms with Crippen molar-refractivity contribution in [2.75, 3.05) is 4.72 Å². The Morgan fingerprint density at radius 1 is 1.10 bits per heavy atom. The molecule has 0 fully saturated rings. The Kier molecular flexibility index (Phi) is 4.42. The highest BCUT2D eigenvalue weighted by atomic mass is 79.9. The van der Waals surface area contributed by atoms with Gasteiger partial charge in [-0.2, -0.15) is 5.26 Å². The Balaban J connectivity index is 2.19. The number of sulfonamides is 1. The molecule has 0 amide bonds. The van der Waals surface area contributed by atoms with Gasteiger partial charge in [0.05, 0.1) is 17.4 Å². The number of benzene rings is 2. The van der Waals surface area contributed by atoms with Gasteiger partial charge in [0.2, 0.25) is 10.0 Å². The molecular weight excluding hydrogens is 340 g/mol. The molecule has 2 rings (SSSR count). The minimum absolute atomic E-state index is 0.229. The zero-order valence-corrected chi connectivity index (χ0v) is 12.8. The fraction of sp³-hybridized carbons (Fsp3) is 0.0714. The maximum Gasteiger partial charge on any atom is 0.236 e. The predicted molar refractivity (Wildman–Crippen MR) is 81.5 cm³/mol. The minimum Gasteiger partial charge on any atom is -0.283 e. The Morgan fingerprint density at radius 2 is 1.75 bits per heavy atom. The van der Waals surface area contributed by atoms with E-state index >= 15 is 0 Å². The molecule has 0 atom stereocenters. The van der Waals surface area contributed by atoms with Gasteiger partial charge in [-0.05, 0) is 35.9 Å². The molecule has 0 radical (unpaired) electrons. The summed E-state index contributed by atoms with van der Waals surface area (Å²) in [7, 11) is -3.55. The maximum absolute atomic E-state index is 12.1. The molecule has 20 heavy (non-hydrogen) atoms. The summed E-state index contributed by atoms with van der Waals surface area (Å²) in [4.78, 5) is 0. The van der Waals surface area contributed by atoms with Gasteiger partial charge in [0.1, 0.15) is 0 Å². The van der Waals surface area contributed by atoms with Gasteiger partial charge in [-0.15, -0.1) is 0 Å². The number of nitriles is 1. The topological polar surface area (TPSA) is 70.0 Å². The lowest BCUT2D eigenvalue weighted by atomic mass is 10.1. The van der Waals surface area contributed by atoms with E-state index in [1.165, 1.54) is 0 Å². The molecule has 6 heteroatoms. The Morgan fingerprint density at radius 3 is 2.40 bits per heavy atom. The molecule has 2 aromatic carbocycles. The summed E-state index contributed by atoms with van der Waals surface area (Å²) in [6.45, 7) is 0. The number of halogens is 1. The molecular formula is C14H11BrN2O2S. The second-order valence-corrected chi connectivity index (χ2v) is 6.77. The van der Waals surface area contributed by atoms with E-state index in [4.69, 9.17) is 5.26 Å². The third-order valence-electron chi connectivity index (χ3n) is 2.60. The molecule has 2 aromatic rings. The van der Waals surface area contributed by atoms with E-state index < -0.39 is 10.0 Å². The fourth-order valence-corrected chi connectivity index (χ4v) is 3.19. The van der Waals surface area contributed by atoms with Gasteiger partial charge < -0.3 is 0 Å². The first-order chi connectivity index (χ1) is 9.50. The molecule has 0 aliphatic heterocycles. The number of hydrogen-bond donors (Lipinski definition) is 1. The smallest absolute Gasteiger partial charge is 0.236 e. The molecule has 0 spiro atoms. The molecule has 4 nitrogen and oxygen atoms in total. The van der Waals surface area contributed by atoms with Crippen molar-refractivity contribution in [2.24, 2.45) is 0 Å². The highest BCUT2D eigenvalue weighted by molar-refractivity contribution is 9.10. The van der Waals surface area contributed by atoms with Crippen molar-refractivity contribution in [3.63, 3.8) is 0 Å². The van der Waals surface area contributed by atoms with E-state index in [0.29, 0.717) is 16.8 Å². The zero-order valence-electron chi connectivity index (χ0n) is 10.4. The zero-order chi connectivity index (χ0) is 14.6. The van der Waals surface area contributed by atoms with Crippen LogP contribution in [0.1, 0.15) is 11.1 Å². The fourth-order valence-electron chi connectivity index (χ4n) is 1.69. The van der Waals surface area contributed by atoms with Crippen LogP contribution in [0.2, 0.25) is 0 Å². The third-order valence-corrected chi connectivity index (χ3v) is 4.37. The van der Waals surface area contributed by atoms with Crippen LogP contribution in [-0.2, 0) is 15.8 Å². The van der Waals surface area contributed by atoms with Crippen molar-refractivity contribution in [3.8, 4) is 6.07 Å². The lowest BCUT2D eigenvalue weighted by molar-refractivity contribution is 0.600. The van der Waals surface area contributed by atoms with E-state index in [1.807, 2.05) is 6.07 Å². The first-order valence-electron chi connectivity index (χ1n) is 5.74. The van der Waals surface area contributed by atoms with Gasteiger partial charge in [-0.25, -0.2) is 8.42 Å². The summed E-state index contributed by atoms with van der Waals surface area (Å²) < 4.78 is 27.5. The lowest BCUT2D eigenvalue weighted by Gasteiger charge is -2.09. The van der Waals surface area contributed by atoms with Gasteiger partial charge in [0.15, 0.2) is 0 Å². The van der Waals surface area contributed by atoms with Gasteiger partial charge in [-0.1, -0.05) is 34.1 Å². The summed E-state index contributed by atoms with van der Waals surface area (Å²) in [5.41, 5.74) is 1.34.